The van der Waals surface area contributed by atoms with Gasteiger partial charge in [0.25, 0.3) is 0 Å². The van der Waals surface area contributed by atoms with E-state index < -0.39 is 13.7 Å². The van der Waals surface area contributed by atoms with Gasteiger partial charge in [-0.1, -0.05) is 102 Å². The van der Waals surface area contributed by atoms with Crippen molar-refractivity contribution in [2.75, 3.05) is 0 Å². The van der Waals surface area contributed by atoms with Crippen molar-refractivity contribution in [1.29, 1.82) is 0 Å². The first kappa shape index (κ1) is 28.9. The third-order valence-corrected chi connectivity index (χ3v) is 10.0. The maximum Gasteiger partial charge on any atom is 0.121 e. The molecular formula is C50H32FIrN3O-2. The summed E-state index contributed by atoms with van der Waals surface area (Å²) < 4.78 is 69.9. The molecule has 0 aliphatic rings. The third kappa shape index (κ3) is 5.95. The molecule has 271 valence electrons. The molecule has 0 unspecified atom stereocenters. The van der Waals surface area contributed by atoms with Crippen molar-refractivity contribution in [3.8, 4) is 28.3 Å². The van der Waals surface area contributed by atoms with Gasteiger partial charge in [0.2, 0.25) is 0 Å². The minimum Gasteiger partial charge on any atom is -0.501 e. The van der Waals surface area contributed by atoms with E-state index in [4.69, 9.17) is 17.6 Å². The molecule has 8 aromatic carbocycles. The summed E-state index contributed by atoms with van der Waals surface area (Å²) in [5.74, 6) is 0.187. The molecule has 11 aromatic rings. The first-order valence-electron chi connectivity index (χ1n) is 20.8. The molecule has 11 rings (SSSR count). The van der Waals surface area contributed by atoms with Crippen LogP contribution in [0.2, 0.25) is 0 Å². The summed E-state index contributed by atoms with van der Waals surface area (Å²) in [6.07, 6.45) is 1.70. The van der Waals surface area contributed by atoms with E-state index in [2.05, 4.69) is 53.5 Å². The van der Waals surface area contributed by atoms with Crippen LogP contribution in [0, 0.1) is 31.7 Å². The molecule has 0 aliphatic heterocycles. The van der Waals surface area contributed by atoms with E-state index >= 15 is 0 Å². The molecule has 0 atom stereocenters. The van der Waals surface area contributed by atoms with Crippen LogP contribution < -0.4 is 0 Å². The van der Waals surface area contributed by atoms with E-state index in [1.54, 1.807) is 48.7 Å². The SMILES string of the molecule is Fc1c[c-]c(-c2ccccn2)cc1.[2H]C([2H])([2H])c1ccc2c(c1)oc1c(-c3nc4cccc(C([2H])([2H])[2H])c4n3-c3ccc4c5ccccc5c5ccccc5c4c3)[c-]ccc12.[Ir]. The van der Waals surface area contributed by atoms with Crippen LogP contribution in [0.3, 0.4) is 0 Å². The quantitative estimate of drug-likeness (QED) is 0.131. The number of benzene rings is 8. The summed E-state index contributed by atoms with van der Waals surface area (Å²) in [4.78, 5) is 9.16. The number of rotatable bonds is 3. The zero-order valence-electron chi connectivity index (χ0n) is 35.5. The molecule has 0 spiro atoms. The van der Waals surface area contributed by atoms with E-state index in [1.165, 1.54) is 17.5 Å². The molecule has 0 saturated heterocycles. The Hall–Kier alpha value is -6.46. The number of furan rings is 1. The molecule has 0 fully saturated rings. The Morgan fingerprint density at radius 1 is 0.661 bits per heavy atom. The van der Waals surface area contributed by atoms with Crippen molar-refractivity contribution in [3.05, 3.63) is 187 Å². The largest absolute Gasteiger partial charge is 0.501 e. The maximum absolute atomic E-state index is 12.6. The Morgan fingerprint density at radius 2 is 1.41 bits per heavy atom. The van der Waals surface area contributed by atoms with Crippen molar-refractivity contribution in [2.45, 2.75) is 13.7 Å². The molecule has 0 bridgehead atoms. The number of para-hydroxylation sites is 1. The number of aryl methyl sites for hydroxylation is 2. The smallest absolute Gasteiger partial charge is 0.121 e. The molecule has 0 saturated carbocycles. The van der Waals surface area contributed by atoms with E-state index in [9.17, 15) is 4.39 Å². The van der Waals surface area contributed by atoms with Crippen LogP contribution in [-0.2, 0) is 20.1 Å². The number of fused-ring (bicyclic) bond motifs is 10. The molecule has 0 aliphatic carbocycles. The van der Waals surface area contributed by atoms with E-state index in [0.717, 1.165) is 54.6 Å². The van der Waals surface area contributed by atoms with E-state index in [0.29, 0.717) is 33.6 Å². The molecule has 0 amide bonds. The molecule has 6 heteroatoms. The zero-order chi connectivity index (χ0) is 42.0. The van der Waals surface area contributed by atoms with Gasteiger partial charge < -0.3 is 14.0 Å². The summed E-state index contributed by atoms with van der Waals surface area (Å²) in [5.41, 5.74) is 5.18. The zero-order valence-corrected chi connectivity index (χ0v) is 31.9. The van der Waals surface area contributed by atoms with Gasteiger partial charge in [-0.25, -0.2) is 0 Å². The van der Waals surface area contributed by atoms with Crippen molar-refractivity contribution in [2.24, 2.45) is 0 Å². The normalized spacial score (nSPS) is 13.4. The van der Waals surface area contributed by atoms with Crippen LogP contribution in [0.1, 0.15) is 19.4 Å². The van der Waals surface area contributed by atoms with Gasteiger partial charge in [0, 0.05) is 51.4 Å². The Kier molecular flexibility index (Phi) is 7.39. The second-order valence-electron chi connectivity index (χ2n) is 13.3. The van der Waals surface area contributed by atoms with Gasteiger partial charge in [-0.15, -0.1) is 48.0 Å². The molecule has 4 nitrogen and oxygen atoms in total. The molecule has 3 heterocycles. The Bertz CT molecular complexity index is 3440. The van der Waals surface area contributed by atoms with Gasteiger partial charge in [-0.05, 0) is 93.2 Å². The van der Waals surface area contributed by atoms with Gasteiger partial charge in [0.15, 0.2) is 0 Å². The summed E-state index contributed by atoms with van der Waals surface area (Å²) >= 11 is 0. The number of halogens is 1. The van der Waals surface area contributed by atoms with Gasteiger partial charge in [0.1, 0.15) is 5.58 Å². The Morgan fingerprint density at radius 3 is 2.12 bits per heavy atom. The molecular weight excluding hydrogens is 870 g/mol. The summed E-state index contributed by atoms with van der Waals surface area (Å²) in [6, 6.07) is 52.7. The van der Waals surface area contributed by atoms with Crippen LogP contribution in [0.5, 0.6) is 0 Å². The topological polar surface area (TPSA) is 43.9 Å². The number of hydrogen-bond donors (Lipinski definition) is 0. The average molecular weight is 908 g/mol. The molecule has 56 heavy (non-hydrogen) atoms. The third-order valence-electron chi connectivity index (χ3n) is 10.0. The van der Waals surface area contributed by atoms with Crippen molar-refractivity contribution < 1.29 is 37.1 Å². The van der Waals surface area contributed by atoms with Gasteiger partial charge in [0.05, 0.1) is 22.4 Å². The molecule has 0 N–H and O–H groups in total. The predicted molar refractivity (Wildman–Crippen MR) is 223 cm³/mol. The fourth-order valence-corrected chi connectivity index (χ4v) is 7.58. The fourth-order valence-electron chi connectivity index (χ4n) is 7.58. The van der Waals surface area contributed by atoms with Crippen molar-refractivity contribution in [3.63, 3.8) is 0 Å². The van der Waals surface area contributed by atoms with Crippen LogP contribution in [-0.4, -0.2) is 14.5 Å². The van der Waals surface area contributed by atoms with Crippen LogP contribution in [0.4, 0.5) is 4.39 Å². The van der Waals surface area contributed by atoms with Crippen molar-refractivity contribution >= 4 is 65.3 Å². The second kappa shape index (κ2) is 14.3. The summed E-state index contributed by atoms with van der Waals surface area (Å²) in [7, 11) is 0. The van der Waals surface area contributed by atoms with Crippen LogP contribution >= 0.6 is 0 Å². The number of hydrogen-bond acceptors (Lipinski definition) is 3. The standard InChI is InChI=1S/C39H25N2O.C11H7FN.Ir/c1-23-17-19-31-32-14-8-15-33(38(32)42-36(31)21-23)39-40-35-16-7-9-24(2)37(35)41(39)25-18-20-30-28-12-4-3-10-26(28)27-11-5-6-13-29(27)34(30)22-25;12-10-6-4-9(5-7-10)11-3-1-2-8-13-11;/h3-14,16-22H,1-2H3;1-4,6-8H;/q2*-1;/i1D3,2D3;;. The Labute approximate surface area is 344 Å². The van der Waals surface area contributed by atoms with Gasteiger partial charge in [-0.3, -0.25) is 9.37 Å². The first-order chi connectivity index (χ1) is 29.4. The average Bonchev–Trinajstić information content (AvgIpc) is 3.85. The number of pyridine rings is 1. The maximum atomic E-state index is 12.6. The minimum absolute atomic E-state index is 0. The van der Waals surface area contributed by atoms with Crippen LogP contribution in [0.15, 0.2) is 162 Å². The minimum atomic E-state index is -2.41. The summed E-state index contributed by atoms with van der Waals surface area (Å²) in [6.45, 7) is -4.69. The predicted octanol–water partition coefficient (Wildman–Crippen LogP) is 13.2. The number of imidazole rings is 1. The van der Waals surface area contributed by atoms with Crippen LogP contribution in [0.25, 0.3) is 93.6 Å². The monoisotopic (exact) mass is 908 g/mol. The number of nitrogens with zero attached hydrogens (tertiary/aromatic N) is 3. The fraction of sp³-hybridized carbons (Fsp3) is 0.0400. The number of aromatic nitrogens is 3. The van der Waals surface area contributed by atoms with E-state index in [1.807, 2.05) is 65.2 Å². The van der Waals surface area contributed by atoms with Crippen molar-refractivity contribution in [1.82, 2.24) is 14.5 Å². The molecule has 1 radical (unpaired) electrons. The van der Waals surface area contributed by atoms with Gasteiger partial charge in [-0.2, -0.15) is 0 Å². The first-order valence-corrected chi connectivity index (χ1v) is 17.8. The molecule has 3 aromatic heterocycles. The second-order valence-corrected chi connectivity index (χ2v) is 13.3. The van der Waals surface area contributed by atoms with Gasteiger partial charge >= 0.3 is 0 Å². The summed E-state index contributed by atoms with van der Waals surface area (Å²) in [5, 5.41) is 8.19. The van der Waals surface area contributed by atoms with E-state index in [-0.39, 0.29) is 37.0 Å². The Balaban J connectivity index is 0.000000300.